The number of carboxylic acid groups (broad SMARTS) is 1. The molecule has 1 aliphatic heterocycles. The third-order valence-corrected chi connectivity index (χ3v) is 5.60. The van der Waals surface area contributed by atoms with Crippen LogP contribution in [-0.4, -0.2) is 69.0 Å². The zero-order valence-electron chi connectivity index (χ0n) is 17.9. The number of pyridine rings is 1. The van der Waals surface area contributed by atoms with Gasteiger partial charge in [0.25, 0.3) is 6.47 Å². The molecule has 2 aliphatic rings. The average Bonchev–Trinajstić information content (AvgIpc) is 3.59. The molecule has 1 saturated heterocycles. The first-order valence-corrected chi connectivity index (χ1v) is 10.7. The van der Waals surface area contributed by atoms with Crippen LogP contribution in [0, 0.1) is 0 Å². The van der Waals surface area contributed by atoms with E-state index in [4.69, 9.17) is 14.6 Å². The van der Waals surface area contributed by atoms with E-state index >= 15 is 0 Å². The molecule has 1 aromatic carbocycles. The van der Waals surface area contributed by atoms with Crippen LogP contribution in [0.3, 0.4) is 0 Å². The number of aromatic nitrogens is 3. The Hall–Kier alpha value is -3.46. The topological polar surface area (TPSA) is 121 Å². The van der Waals surface area contributed by atoms with Crippen LogP contribution < -0.4 is 10.1 Å². The summed E-state index contributed by atoms with van der Waals surface area (Å²) in [5, 5.41) is 31.8. The van der Waals surface area contributed by atoms with Crippen LogP contribution in [-0.2, 0) is 4.79 Å². The third kappa shape index (κ3) is 5.05. The van der Waals surface area contributed by atoms with Crippen LogP contribution in [0.5, 0.6) is 11.5 Å². The number of nitrogens with zero attached hydrogens (tertiary/aromatic N) is 4. The molecule has 2 fully saturated rings. The Balaban J connectivity index is 0.000000775. The van der Waals surface area contributed by atoms with Crippen LogP contribution in [0.1, 0.15) is 25.7 Å². The number of aromatic hydroxyl groups is 1. The second-order valence-corrected chi connectivity index (χ2v) is 8.17. The van der Waals surface area contributed by atoms with Gasteiger partial charge >= 0.3 is 0 Å². The first-order valence-electron chi connectivity index (χ1n) is 10.7. The summed E-state index contributed by atoms with van der Waals surface area (Å²) in [6.07, 6.45) is 8.28. The molecule has 3 aromatic rings. The first-order chi connectivity index (χ1) is 15.6. The van der Waals surface area contributed by atoms with E-state index < -0.39 is 0 Å². The highest BCUT2D eigenvalue weighted by atomic mass is 16.5. The number of likely N-dealkylation sites (tertiary alicyclic amines) is 1. The monoisotopic (exact) mass is 437 g/mol. The summed E-state index contributed by atoms with van der Waals surface area (Å²) in [5.74, 6) is 1.57. The summed E-state index contributed by atoms with van der Waals surface area (Å²) in [5.41, 5.74) is 1.28. The lowest BCUT2D eigenvalue weighted by Crippen LogP contribution is -2.40. The van der Waals surface area contributed by atoms with E-state index in [0.29, 0.717) is 23.0 Å². The maximum absolute atomic E-state index is 10.6. The number of anilines is 1. The highest BCUT2D eigenvalue weighted by Gasteiger charge is 2.24. The molecule has 1 atom stereocenters. The van der Waals surface area contributed by atoms with Crippen LogP contribution >= 0.6 is 0 Å². The Labute approximate surface area is 186 Å². The van der Waals surface area contributed by atoms with Crippen LogP contribution in [0.4, 0.5) is 5.82 Å². The number of ether oxygens (including phenoxy) is 1. The molecule has 3 N–H and O–H groups in total. The van der Waals surface area contributed by atoms with Gasteiger partial charge in [-0.05, 0) is 57.5 Å². The average molecular weight is 438 g/mol. The van der Waals surface area contributed by atoms with Crippen molar-refractivity contribution in [2.24, 2.45) is 0 Å². The summed E-state index contributed by atoms with van der Waals surface area (Å²) < 4.78 is 5.78. The molecular weight excluding hydrogens is 410 g/mol. The number of rotatable bonds is 5. The minimum atomic E-state index is -0.250. The quantitative estimate of drug-likeness (QED) is 0.517. The predicted octanol–water partition coefficient (Wildman–Crippen LogP) is 3.15. The number of nitrogens with one attached hydrogen (secondary N) is 1. The van der Waals surface area contributed by atoms with Crippen molar-refractivity contribution in [3.8, 4) is 22.8 Å². The molecule has 9 nitrogen and oxygen atoms in total. The van der Waals surface area contributed by atoms with Crippen molar-refractivity contribution in [1.29, 1.82) is 0 Å². The summed E-state index contributed by atoms with van der Waals surface area (Å²) in [7, 11) is 2.14. The molecule has 2 aromatic heterocycles. The lowest BCUT2D eigenvalue weighted by atomic mass is 10.0. The van der Waals surface area contributed by atoms with Gasteiger partial charge in [0.1, 0.15) is 17.2 Å². The second-order valence-electron chi connectivity index (χ2n) is 8.17. The van der Waals surface area contributed by atoms with Crippen molar-refractivity contribution < 1.29 is 19.7 Å². The summed E-state index contributed by atoms with van der Waals surface area (Å²) in [6, 6.07) is 7.65. The number of likely N-dealkylation sites (N-methyl/N-ethyl adjacent to an activating group) is 1. The van der Waals surface area contributed by atoms with E-state index in [0.717, 1.165) is 48.9 Å². The second kappa shape index (κ2) is 9.78. The van der Waals surface area contributed by atoms with Gasteiger partial charge in [-0.2, -0.15) is 0 Å². The zero-order valence-corrected chi connectivity index (χ0v) is 17.9. The molecule has 0 radical (unpaired) electrons. The molecule has 3 heterocycles. The Morgan fingerprint density at radius 1 is 1.19 bits per heavy atom. The lowest BCUT2D eigenvalue weighted by Gasteiger charge is -2.30. The van der Waals surface area contributed by atoms with Gasteiger partial charge in [0, 0.05) is 47.4 Å². The molecule has 9 heteroatoms. The molecule has 32 heavy (non-hydrogen) atoms. The molecule has 1 aliphatic carbocycles. The number of fused-ring (bicyclic) bond motifs is 1. The SMILES string of the molecule is CN1CCC[C@@H](Nc2nnc(-c3ccc(OC4CC4)cc3O)c3ccncc23)C1.O=CO. The van der Waals surface area contributed by atoms with Crippen LogP contribution in [0.15, 0.2) is 36.7 Å². The van der Waals surface area contributed by atoms with Crippen molar-refractivity contribution in [3.05, 3.63) is 36.7 Å². The highest BCUT2D eigenvalue weighted by Crippen LogP contribution is 2.37. The fraction of sp³-hybridized carbons (Fsp3) is 0.391. The van der Waals surface area contributed by atoms with Gasteiger partial charge in [0.15, 0.2) is 5.82 Å². The Kier molecular flexibility index (Phi) is 6.65. The molecule has 1 saturated carbocycles. The number of piperidine rings is 1. The van der Waals surface area contributed by atoms with Gasteiger partial charge in [-0.15, -0.1) is 10.2 Å². The van der Waals surface area contributed by atoms with E-state index in [9.17, 15) is 5.11 Å². The fourth-order valence-corrected chi connectivity index (χ4v) is 3.94. The summed E-state index contributed by atoms with van der Waals surface area (Å²) in [6.45, 7) is 1.86. The molecule has 168 valence electrons. The highest BCUT2D eigenvalue weighted by molar-refractivity contribution is 6.00. The smallest absolute Gasteiger partial charge is 0.290 e. The van der Waals surface area contributed by atoms with Crippen LogP contribution in [0.25, 0.3) is 22.0 Å². The Morgan fingerprint density at radius 3 is 2.72 bits per heavy atom. The van der Waals surface area contributed by atoms with Gasteiger partial charge < -0.3 is 25.2 Å². The van der Waals surface area contributed by atoms with Crippen molar-refractivity contribution in [2.75, 3.05) is 25.5 Å². The number of carbonyl (C=O) groups is 1. The van der Waals surface area contributed by atoms with Crippen molar-refractivity contribution >= 4 is 23.1 Å². The fourth-order valence-electron chi connectivity index (χ4n) is 3.94. The first kappa shape index (κ1) is 21.8. The van der Waals surface area contributed by atoms with E-state index in [2.05, 4.69) is 32.4 Å². The Morgan fingerprint density at radius 2 is 2.00 bits per heavy atom. The van der Waals surface area contributed by atoms with Gasteiger partial charge in [0.2, 0.25) is 0 Å². The van der Waals surface area contributed by atoms with Crippen LogP contribution in [0.2, 0.25) is 0 Å². The minimum Gasteiger partial charge on any atom is -0.507 e. The predicted molar refractivity (Wildman–Crippen MR) is 121 cm³/mol. The van der Waals surface area contributed by atoms with Gasteiger partial charge in [-0.1, -0.05) is 0 Å². The number of benzene rings is 1. The molecule has 5 rings (SSSR count). The summed E-state index contributed by atoms with van der Waals surface area (Å²) >= 11 is 0. The molecule has 0 spiro atoms. The number of phenols is 1. The maximum Gasteiger partial charge on any atom is 0.290 e. The molecule has 0 unspecified atom stereocenters. The lowest BCUT2D eigenvalue weighted by molar-refractivity contribution is -0.122. The molecular formula is C23H27N5O4. The normalized spacial score (nSPS) is 18.5. The van der Waals surface area contributed by atoms with Crippen molar-refractivity contribution in [1.82, 2.24) is 20.1 Å². The number of phenolic OH excluding ortho intramolecular Hbond substituents is 1. The van der Waals surface area contributed by atoms with Crippen molar-refractivity contribution in [3.63, 3.8) is 0 Å². The van der Waals surface area contributed by atoms with Gasteiger partial charge in [-0.25, -0.2) is 0 Å². The van der Waals surface area contributed by atoms with E-state index in [-0.39, 0.29) is 18.3 Å². The van der Waals surface area contributed by atoms with Gasteiger partial charge in [-0.3, -0.25) is 9.78 Å². The van der Waals surface area contributed by atoms with Crippen molar-refractivity contribution in [2.45, 2.75) is 37.8 Å². The molecule has 0 amide bonds. The van der Waals surface area contributed by atoms with E-state index in [1.807, 2.05) is 24.4 Å². The zero-order chi connectivity index (χ0) is 22.5. The molecule has 0 bridgehead atoms. The maximum atomic E-state index is 10.6. The number of hydrogen-bond donors (Lipinski definition) is 3. The number of hydrogen-bond acceptors (Lipinski definition) is 8. The summed E-state index contributed by atoms with van der Waals surface area (Å²) in [4.78, 5) is 15.0. The largest absolute Gasteiger partial charge is 0.507 e. The van der Waals surface area contributed by atoms with E-state index in [1.54, 1.807) is 12.3 Å². The standard InChI is InChI=1S/C22H25N5O2.CH2O2/c1-27-10-2-3-14(13-27)24-22-19-12-23-9-8-17(19)21(25-26-22)18-7-6-16(11-20(18)28)29-15-4-5-15;2-1-3/h6-9,11-12,14-15,28H,2-5,10,13H2,1H3,(H,24,26);1H,(H,2,3)/t14-;/m1./s1. The van der Waals surface area contributed by atoms with E-state index in [1.165, 1.54) is 6.42 Å². The Bertz CT molecular complexity index is 1090. The van der Waals surface area contributed by atoms with Gasteiger partial charge in [0.05, 0.1) is 6.10 Å². The third-order valence-electron chi connectivity index (χ3n) is 5.60. The minimum absolute atomic E-state index is 0.144.